The minimum Gasteiger partial charge on any atom is -0.379 e. The SMILES string of the molecule is CCCOCCOCCOCCOCCNC(=O)CCOCCOCCOCCOCCNC(=O)CCOCCOCCOCCOCCNC(=O)[C@H](NC(=O)CCCN1C(=O)C=CC1=O)[C@@H](NC(=O)CCCN1C(=O)C=CC1=O)C(=O)NCCOCCOCCOCCOCCC(=O)NCCOCCOCCOCCOCCC(=O)NCCOCCOCCOCCOCCC(C(C)(C)C)C(C)(C)C. The van der Waals surface area contributed by atoms with E-state index in [1.807, 2.05) is 0 Å². The molecule has 0 radical (unpaired) electrons. The van der Waals surface area contributed by atoms with E-state index in [9.17, 15) is 57.5 Å². The molecule has 0 aromatic heterocycles. The number of hydrogen-bond donors (Lipinski definition) is 8. The summed E-state index contributed by atoms with van der Waals surface area (Å²) in [6, 6.07) is -3.47. The predicted octanol–water partition coefficient (Wildman–Crippen LogP) is -0.469. The van der Waals surface area contributed by atoms with Gasteiger partial charge in [0.2, 0.25) is 47.3 Å². The zero-order valence-corrected chi connectivity index (χ0v) is 84.3. The van der Waals surface area contributed by atoms with Crippen LogP contribution in [0.2, 0.25) is 0 Å². The minimum atomic E-state index is -1.74. The van der Waals surface area contributed by atoms with E-state index >= 15 is 0 Å². The van der Waals surface area contributed by atoms with E-state index in [4.69, 9.17) is 114 Å². The third-order valence-corrected chi connectivity index (χ3v) is 19.8. The number of carbonyl (C=O) groups is 12. The highest BCUT2D eigenvalue weighted by Gasteiger charge is 2.38. The van der Waals surface area contributed by atoms with Gasteiger partial charge in [-0.15, -0.1) is 0 Å². The van der Waals surface area contributed by atoms with Gasteiger partial charge < -0.3 is 156 Å². The smallest absolute Gasteiger partial charge is 0.253 e. The molecule has 810 valence electrons. The van der Waals surface area contributed by atoms with Gasteiger partial charge in [-0.3, -0.25) is 67.3 Å². The molecule has 0 bridgehead atoms. The summed E-state index contributed by atoms with van der Waals surface area (Å²) in [5.41, 5.74) is 0.446. The van der Waals surface area contributed by atoms with Gasteiger partial charge in [0.25, 0.3) is 23.6 Å². The van der Waals surface area contributed by atoms with Crippen LogP contribution < -0.4 is 42.5 Å². The molecule has 8 N–H and O–H groups in total. The van der Waals surface area contributed by atoms with Gasteiger partial charge in [0.1, 0.15) is 12.1 Å². The van der Waals surface area contributed by atoms with Gasteiger partial charge in [0, 0.05) is 128 Å². The molecule has 0 saturated carbocycles. The molecule has 12 amide bonds. The van der Waals surface area contributed by atoms with Crippen molar-refractivity contribution in [3.63, 3.8) is 0 Å². The molecular formula is C94H168N10O36. The Kier molecular flexibility index (Phi) is 83.0. The second kappa shape index (κ2) is 90.3. The molecule has 46 nitrogen and oxygen atoms in total. The predicted molar refractivity (Wildman–Crippen MR) is 508 cm³/mol. The summed E-state index contributed by atoms with van der Waals surface area (Å²) in [6.07, 6.45) is 6.51. The van der Waals surface area contributed by atoms with E-state index in [0.29, 0.717) is 217 Å². The number of rotatable bonds is 102. The van der Waals surface area contributed by atoms with Crippen LogP contribution >= 0.6 is 0 Å². The first-order valence-electron chi connectivity index (χ1n) is 49.1. The molecule has 0 aromatic carbocycles. The molecule has 46 heteroatoms. The van der Waals surface area contributed by atoms with Gasteiger partial charge in [-0.2, -0.15) is 0 Å². The molecule has 2 aliphatic heterocycles. The summed E-state index contributed by atoms with van der Waals surface area (Å²) in [5.74, 6) is -5.63. The highest BCUT2D eigenvalue weighted by molar-refractivity contribution is 6.13. The van der Waals surface area contributed by atoms with Crippen molar-refractivity contribution in [2.45, 2.75) is 125 Å². The maximum atomic E-state index is 14.1. The lowest BCUT2D eigenvalue weighted by molar-refractivity contribution is -0.139. The average molecular weight is 2010 g/mol. The van der Waals surface area contributed by atoms with Crippen LogP contribution in [0.15, 0.2) is 24.3 Å². The van der Waals surface area contributed by atoms with Crippen LogP contribution in [-0.2, 0) is 171 Å². The van der Waals surface area contributed by atoms with Crippen LogP contribution in [-0.4, -0.2) is 462 Å². The second-order valence-corrected chi connectivity index (χ2v) is 33.4. The molecule has 2 rings (SSSR count). The lowest BCUT2D eigenvalue weighted by atomic mass is 9.65. The van der Waals surface area contributed by atoms with Crippen LogP contribution in [0.5, 0.6) is 0 Å². The van der Waals surface area contributed by atoms with Crippen molar-refractivity contribution < 1.29 is 171 Å². The fourth-order valence-corrected chi connectivity index (χ4v) is 13.0. The number of amides is 12. The van der Waals surface area contributed by atoms with Crippen LogP contribution in [0.4, 0.5) is 0 Å². The summed E-state index contributed by atoms with van der Waals surface area (Å²) < 4.78 is 133. The van der Waals surface area contributed by atoms with E-state index in [1.54, 1.807) is 0 Å². The van der Waals surface area contributed by atoms with E-state index in [2.05, 4.69) is 91.0 Å². The molecule has 0 unspecified atom stereocenters. The van der Waals surface area contributed by atoms with Crippen molar-refractivity contribution in [2.24, 2.45) is 16.7 Å². The number of nitrogens with one attached hydrogen (secondary N) is 8. The van der Waals surface area contributed by atoms with Crippen molar-refractivity contribution in [3.8, 4) is 0 Å². The molecule has 2 heterocycles. The lowest BCUT2D eigenvalue weighted by Gasteiger charge is -2.41. The Hall–Kier alpha value is -7.44. The second-order valence-electron chi connectivity index (χ2n) is 33.4. The molecular weight excluding hydrogens is 1850 g/mol. The van der Waals surface area contributed by atoms with Crippen molar-refractivity contribution in [1.82, 2.24) is 52.3 Å². The quantitative estimate of drug-likeness (QED) is 0.0282. The van der Waals surface area contributed by atoms with Gasteiger partial charge in [-0.05, 0) is 42.4 Å². The van der Waals surface area contributed by atoms with E-state index in [-0.39, 0.29) is 231 Å². The Labute approximate surface area is 826 Å². The molecule has 0 aliphatic carbocycles. The van der Waals surface area contributed by atoms with E-state index in [0.717, 1.165) is 60.2 Å². The minimum absolute atomic E-state index is 0.0118. The van der Waals surface area contributed by atoms with Crippen LogP contribution in [0.1, 0.15) is 113 Å². The van der Waals surface area contributed by atoms with Crippen LogP contribution in [0.3, 0.4) is 0 Å². The Balaban J connectivity index is 1.53. The summed E-state index contributed by atoms with van der Waals surface area (Å²) in [5, 5.41) is 21.4. The highest BCUT2D eigenvalue weighted by Crippen LogP contribution is 2.42. The molecule has 2 atom stereocenters. The number of carbonyl (C=O) groups excluding carboxylic acids is 12. The van der Waals surface area contributed by atoms with Crippen molar-refractivity contribution in [3.05, 3.63) is 24.3 Å². The van der Waals surface area contributed by atoms with Gasteiger partial charge in [0.05, 0.1) is 304 Å². The highest BCUT2D eigenvalue weighted by atomic mass is 16.6. The topological polar surface area (TPSA) is 529 Å². The molecule has 0 saturated heterocycles. The molecule has 0 spiro atoms. The third-order valence-electron chi connectivity index (χ3n) is 19.8. The zero-order valence-electron chi connectivity index (χ0n) is 84.3. The first-order valence-corrected chi connectivity index (χ1v) is 49.1. The van der Waals surface area contributed by atoms with Crippen LogP contribution in [0, 0.1) is 16.7 Å². The maximum absolute atomic E-state index is 14.1. The standard InChI is InChI=1S/C94H168N10O36/c1-8-30-117-42-54-129-66-72-135-60-48-123-36-22-95-79(105)18-32-119-44-56-131-68-74-137-62-50-125-38-24-97-81(107)20-34-121-46-58-133-70-76-139-64-52-127-40-26-99-91(115)89(101-83(109)11-9-28-103-85(111)13-14-86(103)112)90(102-84(110)12-10-29-104-87(113)15-16-88(104)114)92(116)100-27-41-128-53-65-140-77-71-134-59-47-122-35-21-82(108)98-25-39-126-51-63-138-75-69-132-57-45-120-33-19-80(106)96-23-37-124-49-61-136-73-67-130-55-43-118-31-17-78(93(2,3)4)94(5,6)7/h13-16,78,89-90H,8-12,17-77H2,1-7H3,(H,95,105)(H,96,106)(H,97,107)(H,98,108)(H,99,115)(H,100,116)(H,101,109)(H,102,110)/t89-,90-/m1/s1. The molecule has 0 aromatic rings. The molecule has 0 fully saturated rings. The number of imide groups is 2. The number of ether oxygens (including phenoxy) is 24. The van der Waals surface area contributed by atoms with Gasteiger partial charge in [-0.1, -0.05) is 48.5 Å². The van der Waals surface area contributed by atoms with Gasteiger partial charge >= 0.3 is 0 Å². The molecule has 140 heavy (non-hydrogen) atoms. The van der Waals surface area contributed by atoms with E-state index < -0.39 is 59.3 Å². The number of nitrogens with zero attached hydrogens (tertiary/aromatic N) is 2. The number of hydrogen-bond acceptors (Lipinski definition) is 36. The first-order chi connectivity index (χ1) is 67.9. The van der Waals surface area contributed by atoms with Gasteiger partial charge in [0.15, 0.2) is 0 Å². The Bertz CT molecular complexity index is 3120. The summed E-state index contributed by atoms with van der Waals surface area (Å²) in [4.78, 5) is 155. The maximum Gasteiger partial charge on any atom is 0.253 e. The Morgan fingerprint density at radius 2 is 0.414 bits per heavy atom. The first kappa shape index (κ1) is 129. The normalized spacial score (nSPS) is 13.2. The molecule has 2 aliphatic rings. The summed E-state index contributed by atoms with van der Waals surface area (Å²) >= 11 is 0. The summed E-state index contributed by atoms with van der Waals surface area (Å²) in [6.45, 7) is 32.9. The third kappa shape index (κ3) is 77.1. The van der Waals surface area contributed by atoms with E-state index in [1.165, 1.54) is 0 Å². The van der Waals surface area contributed by atoms with Crippen molar-refractivity contribution in [1.29, 1.82) is 0 Å². The van der Waals surface area contributed by atoms with Crippen molar-refractivity contribution in [2.75, 3.05) is 369 Å². The van der Waals surface area contributed by atoms with Crippen LogP contribution in [0.25, 0.3) is 0 Å². The monoisotopic (exact) mass is 2010 g/mol. The van der Waals surface area contributed by atoms with Gasteiger partial charge in [-0.25, -0.2) is 0 Å². The Morgan fingerprint density at radius 3 is 0.614 bits per heavy atom. The fourth-order valence-electron chi connectivity index (χ4n) is 13.0. The summed E-state index contributed by atoms with van der Waals surface area (Å²) in [7, 11) is 0. The van der Waals surface area contributed by atoms with Crippen molar-refractivity contribution >= 4 is 70.9 Å². The fraction of sp³-hybridized carbons (Fsp3) is 0.830. The average Bonchev–Trinajstić information content (AvgIpc) is 0.891. The lowest BCUT2D eigenvalue weighted by Crippen LogP contribution is -2.64. The zero-order chi connectivity index (χ0) is 102. The Morgan fingerprint density at radius 1 is 0.236 bits per heavy atom. The largest absolute Gasteiger partial charge is 0.379 e.